The van der Waals surface area contributed by atoms with Crippen LogP contribution in [-0.2, 0) is 14.9 Å². The summed E-state index contributed by atoms with van der Waals surface area (Å²) in [5.74, 6) is -2.63. The molecule has 0 aliphatic rings. The second kappa shape index (κ2) is 8.56. The Balaban J connectivity index is 2.20. The van der Waals surface area contributed by atoms with Gasteiger partial charge in [0.25, 0.3) is 5.88 Å². The zero-order valence-electron chi connectivity index (χ0n) is 14.6. The lowest BCUT2D eigenvalue weighted by molar-refractivity contribution is -0.0502. The van der Waals surface area contributed by atoms with Gasteiger partial charge >= 0.3 is 15.6 Å². The number of aryl methyl sites for hydroxylation is 1. The Kier molecular flexibility index (Phi) is 6.61. The molecule has 0 bridgehead atoms. The van der Waals surface area contributed by atoms with Crippen molar-refractivity contribution < 1.29 is 39.6 Å². The van der Waals surface area contributed by atoms with Crippen LogP contribution in [0.1, 0.15) is 5.69 Å². The van der Waals surface area contributed by atoms with Crippen LogP contribution in [0, 0.1) is 12.7 Å². The third kappa shape index (κ3) is 5.42. The van der Waals surface area contributed by atoms with Crippen LogP contribution in [0.4, 0.5) is 29.2 Å². The highest BCUT2D eigenvalue weighted by Gasteiger charge is 2.49. The number of hydrogen-bond donors (Lipinski definition) is 1. The summed E-state index contributed by atoms with van der Waals surface area (Å²) in [4.78, 5) is 7.07. The van der Waals surface area contributed by atoms with Crippen molar-refractivity contribution in [2.45, 2.75) is 12.4 Å². The number of halogens is 4. The molecule has 0 saturated heterocycles. The summed E-state index contributed by atoms with van der Waals surface area (Å²) in [5.41, 5.74) is -5.76. The molecule has 1 heterocycles. The molecule has 28 heavy (non-hydrogen) atoms. The van der Waals surface area contributed by atoms with Crippen molar-refractivity contribution in [1.29, 1.82) is 0 Å². The summed E-state index contributed by atoms with van der Waals surface area (Å²) in [7, 11) is -4.55. The number of anilines is 2. The number of rotatable bonds is 8. The van der Waals surface area contributed by atoms with Gasteiger partial charge in [0.05, 0.1) is 12.3 Å². The normalized spacial score (nSPS) is 11.9. The minimum atomic E-state index is -6.08. The largest absolute Gasteiger partial charge is 0.534 e. The number of nitrogens with one attached hydrogen (secondary N) is 1. The van der Waals surface area contributed by atoms with Crippen LogP contribution < -0.4 is 14.2 Å². The highest BCUT2D eigenvalue weighted by atomic mass is 32.2. The average molecular weight is 425 g/mol. The van der Waals surface area contributed by atoms with Gasteiger partial charge in [0, 0.05) is 12.8 Å². The van der Waals surface area contributed by atoms with Crippen molar-refractivity contribution in [3.05, 3.63) is 35.8 Å². The molecule has 0 fully saturated rings. The maximum Gasteiger partial charge on any atom is 0.534 e. The predicted molar refractivity (Wildman–Crippen MR) is 89.4 cm³/mol. The molecule has 0 radical (unpaired) electrons. The number of ether oxygens (including phenoxy) is 2. The third-order valence-corrected chi connectivity index (χ3v) is 4.07. The molecular weight excluding hydrogens is 410 g/mol. The van der Waals surface area contributed by atoms with Crippen molar-refractivity contribution in [1.82, 2.24) is 9.97 Å². The third-order valence-electron chi connectivity index (χ3n) is 3.13. The molecule has 8 nitrogen and oxygen atoms in total. The minimum Gasteiger partial charge on any atom is -0.491 e. The molecule has 2 rings (SSSR count). The maximum absolute atomic E-state index is 13.9. The Bertz CT molecular complexity index is 921. The molecule has 0 spiro atoms. The van der Waals surface area contributed by atoms with E-state index in [0.29, 0.717) is 24.7 Å². The summed E-state index contributed by atoms with van der Waals surface area (Å²) in [5, 5.41) is 2.61. The monoisotopic (exact) mass is 425 g/mol. The van der Waals surface area contributed by atoms with Gasteiger partial charge in [-0.25, -0.2) is 4.98 Å². The van der Waals surface area contributed by atoms with Gasteiger partial charge < -0.3 is 19.0 Å². The van der Waals surface area contributed by atoms with Gasteiger partial charge in [0.2, 0.25) is 11.8 Å². The Morgan fingerprint density at radius 1 is 1.11 bits per heavy atom. The van der Waals surface area contributed by atoms with E-state index in [1.165, 1.54) is 19.2 Å². The summed E-state index contributed by atoms with van der Waals surface area (Å²) < 4.78 is 87.4. The van der Waals surface area contributed by atoms with Crippen molar-refractivity contribution in [3.63, 3.8) is 0 Å². The molecule has 0 aliphatic heterocycles. The lowest BCUT2D eigenvalue weighted by Crippen LogP contribution is -2.29. The fourth-order valence-corrected chi connectivity index (χ4v) is 2.21. The van der Waals surface area contributed by atoms with E-state index in [0.717, 1.165) is 6.92 Å². The van der Waals surface area contributed by atoms with Crippen LogP contribution in [-0.4, -0.2) is 44.2 Å². The van der Waals surface area contributed by atoms with Crippen LogP contribution in [0.5, 0.6) is 11.6 Å². The minimum absolute atomic E-state index is 0.331. The second-order valence-electron chi connectivity index (χ2n) is 5.23. The van der Waals surface area contributed by atoms with Crippen molar-refractivity contribution >= 4 is 21.8 Å². The number of alkyl halides is 3. The molecule has 1 aromatic carbocycles. The number of aromatic nitrogens is 2. The zero-order chi connectivity index (χ0) is 20.9. The zero-order valence-corrected chi connectivity index (χ0v) is 15.4. The fraction of sp³-hybridized carbons (Fsp3) is 0.333. The van der Waals surface area contributed by atoms with Crippen molar-refractivity contribution in [3.8, 4) is 11.6 Å². The molecule has 2 aromatic rings. The first-order chi connectivity index (χ1) is 13.0. The first kappa shape index (κ1) is 21.6. The van der Waals surface area contributed by atoms with E-state index < -0.39 is 33.0 Å². The van der Waals surface area contributed by atoms with Gasteiger partial charge in [0.15, 0.2) is 0 Å². The Labute approximate surface area is 157 Å². The summed E-state index contributed by atoms with van der Waals surface area (Å²) in [6, 6.07) is 6.24. The summed E-state index contributed by atoms with van der Waals surface area (Å²) in [6.45, 7) is 1.84. The van der Waals surface area contributed by atoms with Gasteiger partial charge in [-0.3, -0.25) is 0 Å². The van der Waals surface area contributed by atoms with E-state index in [9.17, 15) is 26.0 Å². The Hall–Kier alpha value is -2.67. The van der Waals surface area contributed by atoms with Crippen molar-refractivity contribution in [2.24, 2.45) is 0 Å². The quantitative estimate of drug-likeness (QED) is 0.298. The van der Waals surface area contributed by atoms with E-state index in [4.69, 9.17) is 9.47 Å². The molecule has 0 saturated carbocycles. The molecule has 13 heteroatoms. The fourth-order valence-electron chi connectivity index (χ4n) is 1.80. The van der Waals surface area contributed by atoms with Crippen LogP contribution in [0.15, 0.2) is 24.3 Å². The second-order valence-corrected chi connectivity index (χ2v) is 6.76. The Morgan fingerprint density at radius 2 is 1.75 bits per heavy atom. The summed E-state index contributed by atoms with van der Waals surface area (Å²) in [6.07, 6.45) is 0. The highest BCUT2D eigenvalue weighted by molar-refractivity contribution is 7.87. The van der Waals surface area contributed by atoms with E-state index >= 15 is 0 Å². The molecule has 0 atom stereocenters. The number of hydrogen-bond acceptors (Lipinski definition) is 8. The van der Waals surface area contributed by atoms with Crippen LogP contribution in [0.25, 0.3) is 0 Å². The van der Waals surface area contributed by atoms with Crippen LogP contribution in [0.2, 0.25) is 0 Å². The predicted octanol–water partition coefficient (Wildman–Crippen LogP) is 2.92. The van der Waals surface area contributed by atoms with E-state index in [2.05, 4.69) is 19.5 Å². The number of methoxy groups -OCH3 is 1. The van der Waals surface area contributed by atoms with Gasteiger partial charge in [-0.2, -0.15) is 31.0 Å². The molecule has 0 unspecified atom stereocenters. The van der Waals surface area contributed by atoms with Gasteiger partial charge in [-0.15, -0.1) is 0 Å². The molecule has 154 valence electrons. The summed E-state index contributed by atoms with van der Waals surface area (Å²) >= 11 is 0. The van der Waals surface area contributed by atoms with Crippen LogP contribution >= 0.6 is 0 Å². The van der Waals surface area contributed by atoms with Crippen LogP contribution in [0.3, 0.4) is 0 Å². The average Bonchev–Trinajstić information content (AvgIpc) is 2.60. The topological polar surface area (TPSA) is 99.6 Å². The van der Waals surface area contributed by atoms with Gasteiger partial charge in [-0.05, 0) is 31.2 Å². The lowest BCUT2D eigenvalue weighted by Gasteiger charge is -2.12. The standard InChI is InChI=1S/C15H15F4N3O5S/c1-9-12(16)13(27-28(23,24)15(17,18)19)22-14(20-9)21-10-3-5-11(6-4-10)26-8-7-25-2/h3-6H,7-8H2,1-2H3,(H,20,21,22). The Morgan fingerprint density at radius 3 is 2.32 bits per heavy atom. The molecule has 1 aromatic heterocycles. The molecule has 1 N–H and O–H groups in total. The van der Waals surface area contributed by atoms with Gasteiger partial charge in [-0.1, -0.05) is 0 Å². The number of nitrogens with zero attached hydrogens (tertiary/aromatic N) is 2. The molecule has 0 amide bonds. The van der Waals surface area contributed by atoms with Crippen molar-refractivity contribution in [2.75, 3.05) is 25.6 Å². The SMILES string of the molecule is COCCOc1ccc(Nc2nc(C)c(F)c(OS(=O)(=O)C(F)(F)F)n2)cc1. The number of benzene rings is 1. The first-order valence-electron chi connectivity index (χ1n) is 7.57. The maximum atomic E-state index is 13.9. The van der Waals surface area contributed by atoms with Gasteiger partial charge in [0.1, 0.15) is 12.4 Å². The van der Waals surface area contributed by atoms with E-state index in [-0.39, 0.29) is 5.95 Å². The molecule has 0 aliphatic carbocycles. The highest BCUT2D eigenvalue weighted by Crippen LogP contribution is 2.29. The molecular formula is C15H15F4N3O5S. The van der Waals surface area contributed by atoms with E-state index in [1.807, 2.05) is 0 Å². The van der Waals surface area contributed by atoms with E-state index in [1.54, 1.807) is 12.1 Å². The smallest absolute Gasteiger partial charge is 0.491 e. The first-order valence-corrected chi connectivity index (χ1v) is 8.98. The lowest BCUT2D eigenvalue weighted by atomic mass is 10.3.